The Bertz CT molecular complexity index is 2520. The van der Waals surface area contributed by atoms with Crippen molar-refractivity contribution in [2.24, 2.45) is 0 Å². The molecule has 0 saturated carbocycles. The normalized spacial score (nSPS) is 16.2. The molecule has 0 bridgehead atoms. The summed E-state index contributed by atoms with van der Waals surface area (Å²) in [5, 5.41) is 10.5. The first kappa shape index (κ1) is 26.1. The Kier molecular flexibility index (Phi) is 5.48. The van der Waals surface area contributed by atoms with Crippen molar-refractivity contribution < 1.29 is 0 Å². The summed E-state index contributed by atoms with van der Waals surface area (Å²) in [5.74, 6) is 0. The van der Waals surface area contributed by atoms with Crippen LogP contribution >= 0.6 is 11.6 Å². The van der Waals surface area contributed by atoms with Gasteiger partial charge in [-0.3, -0.25) is 0 Å². The van der Waals surface area contributed by atoms with Gasteiger partial charge in [0, 0.05) is 0 Å². The number of halogens is 1. The first-order valence-corrected chi connectivity index (χ1v) is 16.6. The number of hydrogen-bond donors (Lipinski definition) is 0. The van der Waals surface area contributed by atoms with Crippen molar-refractivity contribution in [2.45, 2.75) is 17.2 Å². The Morgan fingerprint density at radius 3 is 1.72 bits per heavy atom. The van der Waals surface area contributed by atoms with Crippen LogP contribution in [0, 0.1) is 0 Å². The summed E-state index contributed by atoms with van der Waals surface area (Å²) in [7, 11) is 0. The Morgan fingerprint density at radius 1 is 0.478 bits per heavy atom. The van der Waals surface area contributed by atoms with Crippen LogP contribution in [0.5, 0.6) is 0 Å². The first-order chi connectivity index (χ1) is 22.8. The van der Waals surface area contributed by atoms with Crippen LogP contribution in [-0.2, 0) is 11.8 Å². The lowest BCUT2D eigenvalue weighted by molar-refractivity contribution is 0.769. The number of fused-ring (bicyclic) bond motifs is 15. The van der Waals surface area contributed by atoms with E-state index >= 15 is 0 Å². The zero-order chi connectivity index (χ0) is 30.4. The third-order valence-corrected chi connectivity index (χ3v) is 10.9. The molecule has 216 valence electrons. The minimum atomic E-state index is -0.444. The highest BCUT2D eigenvalue weighted by Gasteiger charge is 2.47. The zero-order valence-electron chi connectivity index (χ0n) is 25.2. The van der Waals surface area contributed by atoms with E-state index in [1.54, 1.807) is 0 Å². The lowest BCUT2D eigenvalue weighted by Crippen LogP contribution is -2.28. The first-order valence-electron chi connectivity index (χ1n) is 16.1. The highest BCUT2D eigenvalue weighted by molar-refractivity contribution is 6.35. The fraction of sp³-hybridized carbons (Fsp3) is 0.0667. The lowest BCUT2D eigenvalue weighted by atomic mass is 9.67. The van der Waals surface area contributed by atoms with Crippen LogP contribution < -0.4 is 0 Å². The van der Waals surface area contributed by atoms with Crippen molar-refractivity contribution >= 4 is 60.8 Å². The summed E-state index contributed by atoms with van der Waals surface area (Å²) in [6.45, 7) is 0. The molecule has 0 fully saturated rings. The molecule has 2 aliphatic carbocycles. The average molecular weight is 605 g/mol. The molecular weight excluding hydrogens is 576 g/mol. The van der Waals surface area contributed by atoms with E-state index in [0.717, 1.165) is 6.42 Å². The van der Waals surface area contributed by atoms with E-state index in [4.69, 9.17) is 11.6 Å². The molecule has 10 rings (SSSR count). The van der Waals surface area contributed by atoms with Gasteiger partial charge in [-0.05, 0) is 94.0 Å². The van der Waals surface area contributed by atoms with Crippen LogP contribution in [0.25, 0.3) is 60.3 Å². The topological polar surface area (TPSA) is 0 Å². The molecule has 8 aromatic rings. The fourth-order valence-corrected chi connectivity index (χ4v) is 9.13. The van der Waals surface area contributed by atoms with E-state index in [2.05, 4.69) is 158 Å². The van der Waals surface area contributed by atoms with Crippen LogP contribution in [0.3, 0.4) is 0 Å². The highest BCUT2D eigenvalue weighted by atomic mass is 35.5. The Labute approximate surface area is 273 Å². The van der Waals surface area contributed by atoms with E-state index in [9.17, 15) is 0 Å². The van der Waals surface area contributed by atoms with Gasteiger partial charge in [-0.25, -0.2) is 0 Å². The molecule has 0 saturated heterocycles. The molecule has 0 aliphatic heterocycles. The van der Waals surface area contributed by atoms with Gasteiger partial charge >= 0.3 is 0 Å². The number of rotatable bonds is 2. The second-order valence-corrected chi connectivity index (χ2v) is 13.3. The molecule has 8 aromatic carbocycles. The summed E-state index contributed by atoms with van der Waals surface area (Å²) in [6, 6.07) is 54.0. The molecule has 0 spiro atoms. The van der Waals surface area contributed by atoms with E-state index in [1.807, 2.05) is 0 Å². The van der Waals surface area contributed by atoms with Crippen LogP contribution in [0.15, 0.2) is 152 Å². The molecule has 0 radical (unpaired) electrons. The molecule has 46 heavy (non-hydrogen) atoms. The third kappa shape index (κ3) is 3.30. The summed E-state index contributed by atoms with van der Waals surface area (Å²) < 4.78 is 0. The predicted molar refractivity (Wildman–Crippen MR) is 196 cm³/mol. The van der Waals surface area contributed by atoms with Crippen molar-refractivity contribution in [2.75, 3.05) is 0 Å². The molecule has 0 heterocycles. The Hall–Kier alpha value is -5.17. The van der Waals surface area contributed by atoms with Crippen LogP contribution in [0.1, 0.15) is 33.4 Å². The molecular formula is C45H29Cl. The quantitative estimate of drug-likeness (QED) is 0.136. The fourth-order valence-electron chi connectivity index (χ4n) is 8.90. The van der Waals surface area contributed by atoms with Crippen LogP contribution in [-0.4, -0.2) is 5.38 Å². The van der Waals surface area contributed by atoms with Crippen LogP contribution in [0.4, 0.5) is 0 Å². The minimum absolute atomic E-state index is 0.0552. The molecule has 0 N–H and O–H groups in total. The Balaban J connectivity index is 1.48. The molecule has 2 aliphatic rings. The van der Waals surface area contributed by atoms with Crippen molar-refractivity contribution in [3.05, 3.63) is 185 Å². The second-order valence-electron chi connectivity index (χ2n) is 12.8. The lowest BCUT2D eigenvalue weighted by Gasteiger charge is -2.34. The molecule has 0 amide bonds. The monoisotopic (exact) mass is 604 g/mol. The minimum Gasteiger partial charge on any atom is -0.118 e. The summed E-state index contributed by atoms with van der Waals surface area (Å²) in [5.41, 5.74) is 10.1. The van der Waals surface area contributed by atoms with Gasteiger partial charge in [0.15, 0.2) is 0 Å². The van der Waals surface area contributed by atoms with Gasteiger partial charge in [-0.2, -0.15) is 0 Å². The van der Waals surface area contributed by atoms with Gasteiger partial charge in [0.1, 0.15) is 0 Å². The SMILES string of the molecule is ClC1C=Cc2c(c3c4c(ccc3c3c5ccccc5c5ccccc5c23)C(c2ccccc2)(c2ccccc2)c2ccccc2-4)C1. The van der Waals surface area contributed by atoms with Gasteiger partial charge in [0.2, 0.25) is 0 Å². The highest BCUT2D eigenvalue weighted by Crippen LogP contribution is 2.59. The summed E-state index contributed by atoms with van der Waals surface area (Å²) >= 11 is 7.02. The van der Waals surface area contributed by atoms with Gasteiger partial charge in [-0.15, -0.1) is 11.6 Å². The van der Waals surface area contributed by atoms with Gasteiger partial charge in [0.05, 0.1) is 10.8 Å². The van der Waals surface area contributed by atoms with Crippen LogP contribution in [0.2, 0.25) is 0 Å². The van der Waals surface area contributed by atoms with Crippen molar-refractivity contribution in [3.8, 4) is 11.1 Å². The summed E-state index contributed by atoms with van der Waals surface area (Å²) in [4.78, 5) is 0. The molecule has 1 unspecified atom stereocenters. The predicted octanol–water partition coefficient (Wildman–Crippen LogP) is 11.8. The molecule has 1 atom stereocenters. The summed E-state index contributed by atoms with van der Waals surface area (Å²) in [6.07, 6.45) is 5.29. The van der Waals surface area contributed by atoms with E-state index in [0.29, 0.717) is 0 Å². The van der Waals surface area contributed by atoms with Crippen molar-refractivity contribution in [3.63, 3.8) is 0 Å². The van der Waals surface area contributed by atoms with Gasteiger partial charge in [-0.1, -0.05) is 158 Å². The van der Waals surface area contributed by atoms with Gasteiger partial charge in [0.25, 0.3) is 0 Å². The maximum Gasteiger partial charge on any atom is 0.0713 e. The maximum atomic E-state index is 7.02. The van der Waals surface area contributed by atoms with Crippen molar-refractivity contribution in [1.29, 1.82) is 0 Å². The number of allylic oxidation sites excluding steroid dienone is 1. The molecule has 1 heteroatoms. The third-order valence-electron chi connectivity index (χ3n) is 10.6. The maximum absolute atomic E-state index is 7.02. The Morgan fingerprint density at radius 2 is 1.04 bits per heavy atom. The molecule has 0 nitrogen and oxygen atoms in total. The number of benzene rings is 8. The smallest absolute Gasteiger partial charge is 0.0713 e. The van der Waals surface area contributed by atoms with Crippen molar-refractivity contribution in [1.82, 2.24) is 0 Å². The molecule has 0 aromatic heterocycles. The van der Waals surface area contributed by atoms with E-state index in [-0.39, 0.29) is 5.38 Å². The number of alkyl halides is 1. The standard InChI is InChI=1S/C45H29Cl/c46-30-23-24-35-38(27-30)43-37(42-34-20-10-8-18-32(34)31-17-7-9-19-33(31)41(35)42)25-26-40-44(43)36-21-11-12-22-39(36)45(40,28-13-3-1-4-14-28)29-15-5-2-6-16-29/h1-26,30H,27H2. The second kappa shape index (κ2) is 9.66. The van der Waals surface area contributed by atoms with Gasteiger partial charge < -0.3 is 0 Å². The van der Waals surface area contributed by atoms with E-state index < -0.39 is 5.41 Å². The average Bonchev–Trinajstić information content (AvgIpc) is 3.43. The largest absolute Gasteiger partial charge is 0.118 e. The van der Waals surface area contributed by atoms with E-state index in [1.165, 1.54) is 87.6 Å². The zero-order valence-corrected chi connectivity index (χ0v) is 25.9. The number of hydrogen-bond acceptors (Lipinski definition) is 0.